The molecular weight excluding hydrogens is 406 g/mol. The average Bonchev–Trinajstić information content (AvgIpc) is 3.45. The Morgan fingerprint density at radius 3 is 2.50 bits per heavy atom. The first kappa shape index (κ1) is 18.8. The molecule has 1 aliphatic heterocycles. The van der Waals surface area contributed by atoms with E-state index >= 15 is 0 Å². The van der Waals surface area contributed by atoms with Crippen molar-refractivity contribution in [3.8, 4) is 39.7 Å². The van der Waals surface area contributed by atoms with Crippen molar-refractivity contribution in [2.45, 2.75) is 18.9 Å². The van der Waals surface area contributed by atoms with E-state index in [9.17, 15) is 4.79 Å². The van der Waals surface area contributed by atoms with Crippen LogP contribution in [0.1, 0.15) is 23.7 Å². The molecule has 0 saturated carbocycles. The molecule has 2 heterocycles. The quantitative estimate of drug-likeness (QED) is 0.488. The summed E-state index contributed by atoms with van der Waals surface area (Å²) in [7, 11) is 0. The van der Waals surface area contributed by atoms with Crippen LogP contribution in [0.2, 0.25) is 0 Å². The monoisotopic (exact) mass is 427 g/mol. The predicted molar refractivity (Wildman–Crippen MR) is 119 cm³/mol. The van der Waals surface area contributed by atoms with Crippen molar-refractivity contribution in [1.29, 1.82) is 0 Å². The molecule has 0 saturated heterocycles. The van der Waals surface area contributed by atoms with Crippen molar-refractivity contribution in [3.05, 3.63) is 88.2 Å². The number of aromatic amines is 1. The number of hydrogen-bond acceptors (Lipinski definition) is 5. The summed E-state index contributed by atoms with van der Waals surface area (Å²) in [6.45, 7) is 1.17. The molecule has 6 nitrogen and oxygen atoms in total. The van der Waals surface area contributed by atoms with E-state index in [1.54, 1.807) is 0 Å². The third-order valence-electron chi connectivity index (χ3n) is 6.01. The van der Waals surface area contributed by atoms with Gasteiger partial charge in [0.15, 0.2) is 17.3 Å². The van der Waals surface area contributed by atoms with Crippen molar-refractivity contribution in [3.63, 3.8) is 0 Å². The fourth-order valence-electron chi connectivity index (χ4n) is 4.51. The molecule has 1 unspecified atom stereocenters. The second-order valence-electron chi connectivity index (χ2n) is 7.98. The van der Waals surface area contributed by atoms with Gasteiger partial charge in [0.25, 0.3) is 5.56 Å². The summed E-state index contributed by atoms with van der Waals surface area (Å²) < 4.78 is 22.9. The first-order chi connectivity index (χ1) is 15.7. The van der Waals surface area contributed by atoms with Crippen LogP contribution in [0.5, 0.6) is 17.2 Å². The van der Waals surface area contributed by atoms with E-state index in [0.29, 0.717) is 19.0 Å². The normalized spacial score (nSPS) is 16.6. The Morgan fingerprint density at radius 1 is 0.875 bits per heavy atom. The fraction of sp³-hybridized carbons (Fsp3) is 0.192. The lowest BCUT2D eigenvalue weighted by Crippen LogP contribution is -2.15. The van der Waals surface area contributed by atoms with E-state index in [1.165, 1.54) is 22.8 Å². The number of nitrogens with one attached hydrogen (secondary N) is 1. The second kappa shape index (κ2) is 7.64. The Bertz CT molecular complexity index is 1340. The van der Waals surface area contributed by atoms with Gasteiger partial charge in [-0.25, -0.2) is 0 Å². The summed E-state index contributed by atoms with van der Waals surface area (Å²) in [6, 6.07) is 21.6. The lowest BCUT2D eigenvalue weighted by atomic mass is 9.96. The minimum atomic E-state index is -0.253. The lowest BCUT2D eigenvalue weighted by molar-refractivity contribution is 0.171. The number of fused-ring (bicyclic) bond motifs is 2. The topological polar surface area (TPSA) is 73.7 Å². The van der Waals surface area contributed by atoms with Gasteiger partial charge in [0.1, 0.15) is 25.1 Å². The Labute approximate surface area is 184 Å². The standard InChI is InChI=1S/C26H21NO5/c28-26-15-24(32-27-26)16-4-7-18(8-5-16)31-22-11-9-20-19(2-1-3-21(20)22)17-6-10-23-25(14-17)30-13-12-29-23/h1-8,10,14-15,22H,9,11-13H2,(H,27,28). The molecule has 160 valence electrons. The molecule has 1 aliphatic carbocycles. The Morgan fingerprint density at radius 2 is 1.69 bits per heavy atom. The van der Waals surface area contributed by atoms with Gasteiger partial charge in [-0.15, -0.1) is 0 Å². The largest absolute Gasteiger partial charge is 0.486 e. The van der Waals surface area contributed by atoms with Crippen molar-refractivity contribution < 1.29 is 18.7 Å². The van der Waals surface area contributed by atoms with Crippen LogP contribution in [0, 0.1) is 0 Å². The molecule has 0 amide bonds. The lowest BCUT2D eigenvalue weighted by Gasteiger charge is -2.20. The van der Waals surface area contributed by atoms with Crippen LogP contribution in [-0.2, 0) is 6.42 Å². The number of benzene rings is 3. The van der Waals surface area contributed by atoms with Gasteiger partial charge in [-0.05, 0) is 71.5 Å². The Kier molecular flexibility index (Phi) is 4.49. The maximum absolute atomic E-state index is 11.3. The molecule has 1 N–H and O–H groups in total. The average molecular weight is 427 g/mol. The number of ether oxygens (including phenoxy) is 3. The predicted octanol–water partition coefficient (Wildman–Crippen LogP) is 5.14. The molecule has 4 aromatic rings. The van der Waals surface area contributed by atoms with Gasteiger partial charge in [-0.1, -0.05) is 24.3 Å². The van der Waals surface area contributed by atoms with E-state index < -0.39 is 0 Å². The van der Waals surface area contributed by atoms with Gasteiger partial charge in [-0.3, -0.25) is 4.79 Å². The molecule has 0 fully saturated rings. The minimum absolute atomic E-state index is 0.00167. The van der Waals surface area contributed by atoms with E-state index in [1.807, 2.05) is 30.3 Å². The molecule has 0 radical (unpaired) electrons. The zero-order chi connectivity index (χ0) is 21.5. The SMILES string of the molecule is O=c1cc(-c2ccc(OC3CCc4c(-c5ccc6c(c5)OCCO6)cccc43)cc2)o[nH]1. The second-order valence-corrected chi connectivity index (χ2v) is 7.98. The fourth-order valence-corrected chi connectivity index (χ4v) is 4.51. The van der Waals surface area contributed by atoms with Crippen molar-refractivity contribution in [2.75, 3.05) is 13.2 Å². The summed E-state index contributed by atoms with van der Waals surface area (Å²) in [5, 5.41) is 2.31. The third-order valence-corrected chi connectivity index (χ3v) is 6.01. The highest BCUT2D eigenvalue weighted by atomic mass is 16.6. The molecule has 3 aromatic carbocycles. The van der Waals surface area contributed by atoms with Crippen molar-refractivity contribution in [1.82, 2.24) is 5.16 Å². The number of aromatic nitrogens is 1. The molecule has 6 rings (SSSR count). The Hall–Kier alpha value is -3.93. The van der Waals surface area contributed by atoms with E-state index in [0.717, 1.165) is 41.2 Å². The van der Waals surface area contributed by atoms with Gasteiger partial charge in [0.2, 0.25) is 0 Å². The highest BCUT2D eigenvalue weighted by Crippen LogP contribution is 2.42. The number of rotatable bonds is 4. The summed E-state index contributed by atoms with van der Waals surface area (Å²) in [5.41, 5.74) is 5.45. The van der Waals surface area contributed by atoms with E-state index in [4.69, 9.17) is 18.7 Å². The summed E-state index contributed by atoms with van der Waals surface area (Å²) in [4.78, 5) is 11.3. The number of H-pyrrole nitrogens is 1. The first-order valence-corrected chi connectivity index (χ1v) is 10.7. The molecule has 1 atom stereocenters. The first-order valence-electron chi connectivity index (χ1n) is 10.7. The summed E-state index contributed by atoms with van der Waals surface area (Å²) >= 11 is 0. The molecule has 2 aliphatic rings. The molecule has 6 heteroatoms. The van der Waals surface area contributed by atoms with Gasteiger partial charge in [0.05, 0.1) is 6.07 Å². The molecule has 1 aromatic heterocycles. The van der Waals surface area contributed by atoms with Crippen LogP contribution in [0.25, 0.3) is 22.5 Å². The molecule has 0 spiro atoms. The van der Waals surface area contributed by atoms with Crippen LogP contribution < -0.4 is 19.8 Å². The van der Waals surface area contributed by atoms with Crippen LogP contribution in [0.3, 0.4) is 0 Å². The highest BCUT2D eigenvalue weighted by molar-refractivity contribution is 5.72. The Balaban J connectivity index is 1.26. The van der Waals surface area contributed by atoms with E-state index in [2.05, 4.69) is 35.5 Å². The van der Waals surface area contributed by atoms with Crippen LogP contribution in [0.4, 0.5) is 0 Å². The van der Waals surface area contributed by atoms with Crippen molar-refractivity contribution >= 4 is 0 Å². The summed E-state index contributed by atoms with van der Waals surface area (Å²) in [5.74, 6) is 2.90. The highest BCUT2D eigenvalue weighted by Gasteiger charge is 2.27. The smallest absolute Gasteiger partial charge is 0.280 e. The molecular formula is C26H21NO5. The van der Waals surface area contributed by atoms with Crippen LogP contribution in [-0.4, -0.2) is 18.4 Å². The van der Waals surface area contributed by atoms with Crippen LogP contribution >= 0.6 is 0 Å². The minimum Gasteiger partial charge on any atom is -0.486 e. The zero-order valence-corrected chi connectivity index (χ0v) is 17.3. The number of hydrogen-bond donors (Lipinski definition) is 1. The summed E-state index contributed by atoms with van der Waals surface area (Å²) in [6.07, 6.45) is 1.88. The zero-order valence-electron chi connectivity index (χ0n) is 17.3. The third kappa shape index (κ3) is 3.34. The van der Waals surface area contributed by atoms with Gasteiger partial charge in [0, 0.05) is 5.56 Å². The van der Waals surface area contributed by atoms with Gasteiger partial charge < -0.3 is 18.7 Å². The molecule has 0 bridgehead atoms. The van der Waals surface area contributed by atoms with Crippen LogP contribution in [0.15, 0.2) is 76.0 Å². The van der Waals surface area contributed by atoms with Gasteiger partial charge in [-0.2, -0.15) is 5.16 Å². The van der Waals surface area contributed by atoms with E-state index in [-0.39, 0.29) is 11.7 Å². The van der Waals surface area contributed by atoms with Crippen molar-refractivity contribution in [2.24, 2.45) is 0 Å². The molecule has 32 heavy (non-hydrogen) atoms. The van der Waals surface area contributed by atoms with Gasteiger partial charge >= 0.3 is 0 Å². The maximum atomic E-state index is 11.3. The maximum Gasteiger partial charge on any atom is 0.280 e.